The first kappa shape index (κ1) is 19.2. The second-order valence-electron chi connectivity index (χ2n) is 6.28. The largest absolute Gasteiger partial charge is 0.0918 e. The minimum absolute atomic E-state index is 0.247. The summed E-state index contributed by atoms with van der Waals surface area (Å²) in [5.41, 5.74) is 3.05. The topological polar surface area (TPSA) is 0 Å². The number of rotatable bonds is 11. The quantitative estimate of drug-likeness (QED) is 0.264. The van der Waals surface area contributed by atoms with E-state index >= 15 is 0 Å². The molecule has 0 saturated carbocycles. The van der Waals surface area contributed by atoms with E-state index < -0.39 is 0 Å². The molecule has 21 heavy (non-hydrogen) atoms. The second-order valence-corrected chi connectivity index (χ2v) is 7.41. The molecule has 120 valence electrons. The molecule has 1 aromatic rings. The maximum absolute atomic E-state index is 3.76. The van der Waals surface area contributed by atoms with Crippen molar-refractivity contribution in [3.63, 3.8) is 0 Å². The van der Waals surface area contributed by atoms with Crippen LogP contribution < -0.4 is 0 Å². The molecule has 0 unspecified atom stereocenters. The normalized spacial score (nSPS) is 11.8. The molecule has 0 fully saturated rings. The Balaban J connectivity index is 2.47. The van der Waals surface area contributed by atoms with Gasteiger partial charge in [0.1, 0.15) is 0 Å². The van der Waals surface area contributed by atoms with Gasteiger partial charge >= 0.3 is 0 Å². The average Bonchev–Trinajstić information content (AvgIpc) is 2.52. The van der Waals surface area contributed by atoms with Crippen LogP contribution in [-0.2, 0) is 5.41 Å². The summed E-state index contributed by atoms with van der Waals surface area (Å²) in [4.78, 5) is 0. The van der Waals surface area contributed by atoms with E-state index in [4.69, 9.17) is 0 Å². The van der Waals surface area contributed by atoms with Crippen LogP contribution in [0.2, 0.25) is 0 Å². The predicted octanol–water partition coefficient (Wildman–Crippen LogP) is 7.16. The zero-order valence-electron chi connectivity index (χ0n) is 13.6. The standard InChI is InChI=1S/C19H30Br2/c1-3-4-5-6-7-8-9-14-19(15-20,16-21)18-12-10-17(2)11-13-18/h10-13H,3-9,14-16H2,1-2H3. The number of benzene rings is 1. The third-order valence-corrected chi connectivity index (χ3v) is 6.58. The number of alkyl halides is 2. The fourth-order valence-corrected chi connectivity index (χ4v) is 4.93. The number of hydrogen-bond donors (Lipinski definition) is 0. The van der Waals surface area contributed by atoms with Crippen molar-refractivity contribution >= 4 is 31.9 Å². The van der Waals surface area contributed by atoms with Crippen molar-refractivity contribution in [1.29, 1.82) is 0 Å². The van der Waals surface area contributed by atoms with Gasteiger partial charge in [0.2, 0.25) is 0 Å². The summed E-state index contributed by atoms with van der Waals surface area (Å²) in [5, 5.41) is 2.06. The molecule has 0 saturated heterocycles. The van der Waals surface area contributed by atoms with Crippen LogP contribution in [-0.4, -0.2) is 10.7 Å². The van der Waals surface area contributed by atoms with Crippen molar-refractivity contribution in [3.05, 3.63) is 35.4 Å². The summed E-state index contributed by atoms with van der Waals surface area (Å²) in [6.45, 7) is 4.44. The van der Waals surface area contributed by atoms with Gasteiger partial charge in [-0.05, 0) is 18.9 Å². The molecule has 1 aromatic carbocycles. The van der Waals surface area contributed by atoms with Gasteiger partial charge in [0, 0.05) is 16.1 Å². The van der Waals surface area contributed by atoms with Crippen LogP contribution in [0.5, 0.6) is 0 Å². The van der Waals surface area contributed by atoms with Gasteiger partial charge in [0.25, 0.3) is 0 Å². The molecule has 0 spiro atoms. The lowest BCUT2D eigenvalue weighted by Crippen LogP contribution is -2.30. The Morgan fingerprint density at radius 3 is 1.86 bits per heavy atom. The van der Waals surface area contributed by atoms with Gasteiger partial charge in [0.05, 0.1) is 0 Å². The van der Waals surface area contributed by atoms with Crippen molar-refractivity contribution in [2.45, 2.75) is 70.6 Å². The minimum Gasteiger partial charge on any atom is -0.0918 e. The first-order chi connectivity index (χ1) is 10.2. The molecule has 0 nitrogen and oxygen atoms in total. The number of hydrogen-bond acceptors (Lipinski definition) is 0. The molecule has 0 aliphatic heterocycles. The summed E-state index contributed by atoms with van der Waals surface area (Å²) in [5.74, 6) is 0. The van der Waals surface area contributed by atoms with Crippen molar-refractivity contribution in [3.8, 4) is 0 Å². The smallest absolute Gasteiger partial charge is 0.0147 e. The lowest BCUT2D eigenvalue weighted by Gasteiger charge is -2.31. The first-order valence-electron chi connectivity index (χ1n) is 8.37. The third kappa shape index (κ3) is 6.44. The molecule has 0 heterocycles. The Morgan fingerprint density at radius 2 is 1.33 bits per heavy atom. The van der Waals surface area contributed by atoms with Crippen LogP contribution in [0.15, 0.2) is 24.3 Å². The molecule has 0 bridgehead atoms. The number of halogens is 2. The highest BCUT2D eigenvalue weighted by Gasteiger charge is 2.29. The van der Waals surface area contributed by atoms with Gasteiger partial charge in [-0.25, -0.2) is 0 Å². The molecular weight excluding hydrogens is 388 g/mol. The average molecular weight is 418 g/mol. The van der Waals surface area contributed by atoms with E-state index in [9.17, 15) is 0 Å². The molecule has 0 radical (unpaired) electrons. The Labute approximate surface area is 148 Å². The van der Waals surface area contributed by atoms with E-state index in [0.717, 1.165) is 10.7 Å². The summed E-state index contributed by atoms with van der Waals surface area (Å²) >= 11 is 7.52. The maximum Gasteiger partial charge on any atom is 0.0147 e. The van der Waals surface area contributed by atoms with Gasteiger partial charge in [-0.15, -0.1) is 0 Å². The van der Waals surface area contributed by atoms with Crippen LogP contribution in [0.1, 0.15) is 69.4 Å². The van der Waals surface area contributed by atoms with Crippen LogP contribution in [0, 0.1) is 6.92 Å². The van der Waals surface area contributed by atoms with Crippen LogP contribution in [0.4, 0.5) is 0 Å². The van der Waals surface area contributed by atoms with Crippen molar-refractivity contribution in [1.82, 2.24) is 0 Å². The second kappa shape index (κ2) is 10.8. The van der Waals surface area contributed by atoms with Crippen molar-refractivity contribution in [2.75, 3.05) is 10.7 Å². The molecule has 0 N–H and O–H groups in total. The van der Waals surface area contributed by atoms with E-state index in [1.165, 1.54) is 62.5 Å². The van der Waals surface area contributed by atoms with Crippen LogP contribution >= 0.6 is 31.9 Å². The summed E-state index contributed by atoms with van der Waals surface area (Å²) < 4.78 is 0. The predicted molar refractivity (Wildman–Crippen MR) is 103 cm³/mol. The maximum atomic E-state index is 3.76. The highest BCUT2D eigenvalue weighted by Crippen LogP contribution is 2.34. The van der Waals surface area contributed by atoms with Crippen LogP contribution in [0.3, 0.4) is 0 Å². The fourth-order valence-electron chi connectivity index (χ4n) is 2.80. The highest BCUT2D eigenvalue weighted by atomic mass is 79.9. The Hall–Kier alpha value is 0.180. The van der Waals surface area contributed by atoms with Crippen LogP contribution in [0.25, 0.3) is 0 Å². The number of aryl methyl sites for hydroxylation is 1. The molecule has 0 aromatic heterocycles. The molecule has 0 amide bonds. The van der Waals surface area contributed by atoms with Crippen molar-refractivity contribution < 1.29 is 0 Å². The van der Waals surface area contributed by atoms with E-state index in [1.807, 2.05) is 0 Å². The van der Waals surface area contributed by atoms with E-state index in [0.29, 0.717) is 0 Å². The molecule has 2 heteroatoms. The Morgan fingerprint density at radius 1 is 0.810 bits per heavy atom. The van der Waals surface area contributed by atoms with Gasteiger partial charge in [-0.3, -0.25) is 0 Å². The summed E-state index contributed by atoms with van der Waals surface area (Å²) in [6, 6.07) is 9.08. The zero-order chi connectivity index (χ0) is 15.6. The molecule has 1 rings (SSSR count). The molecular formula is C19H30Br2. The molecule has 0 aliphatic rings. The van der Waals surface area contributed by atoms with Gasteiger partial charge in [0.15, 0.2) is 0 Å². The summed E-state index contributed by atoms with van der Waals surface area (Å²) in [7, 11) is 0. The summed E-state index contributed by atoms with van der Waals surface area (Å²) in [6.07, 6.45) is 10.9. The highest BCUT2D eigenvalue weighted by molar-refractivity contribution is 9.09. The van der Waals surface area contributed by atoms with Crippen molar-refractivity contribution in [2.24, 2.45) is 0 Å². The number of unbranched alkanes of at least 4 members (excludes halogenated alkanes) is 6. The lowest BCUT2D eigenvalue weighted by atomic mass is 9.79. The van der Waals surface area contributed by atoms with E-state index in [2.05, 4.69) is 70.0 Å². The van der Waals surface area contributed by atoms with E-state index in [1.54, 1.807) is 0 Å². The Kier molecular flexibility index (Phi) is 9.92. The zero-order valence-corrected chi connectivity index (χ0v) is 16.8. The van der Waals surface area contributed by atoms with Gasteiger partial charge < -0.3 is 0 Å². The monoisotopic (exact) mass is 416 g/mol. The molecule has 0 aliphatic carbocycles. The van der Waals surface area contributed by atoms with E-state index in [-0.39, 0.29) is 5.41 Å². The fraction of sp³-hybridized carbons (Fsp3) is 0.684. The first-order valence-corrected chi connectivity index (χ1v) is 10.6. The third-order valence-electron chi connectivity index (χ3n) is 4.43. The molecule has 0 atom stereocenters. The van der Waals surface area contributed by atoms with Gasteiger partial charge in [-0.2, -0.15) is 0 Å². The lowest BCUT2D eigenvalue weighted by molar-refractivity contribution is 0.460. The SMILES string of the molecule is CCCCCCCCCC(CBr)(CBr)c1ccc(C)cc1. The Bertz CT molecular complexity index is 366. The minimum atomic E-state index is 0.247. The van der Waals surface area contributed by atoms with Gasteiger partial charge in [-0.1, -0.05) is 114 Å².